The Bertz CT molecular complexity index is 3380. The predicted molar refractivity (Wildman–Crippen MR) is 235 cm³/mol. The molecule has 1 aliphatic rings. The van der Waals surface area contributed by atoms with E-state index in [4.69, 9.17) is 15.0 Å². The maximum absolute atomic E-state index is 5.08. The van der Waals surface area contributed by atoms with Crippen molar-refractivity contribution in [1.82, 2.24) is 19.5 Å². The number of benzene rings is 9. The standard InChI is InChI=1S/C53H32N4/c1-3-12-33(13-4-1)40-31-38-26-29-47-50-48(38)45(32-40)43-19-10-9-18-42(43)44-20-11-21-46(49(44)50)57(47)41-27-24-36(25-28-41)52-54-51(35-15-5-2-6-16-35)55-53(56-52)39-23-22-34-14-7-8-17-37(34)30-39/h1-32H. The third-order valence-corrected chi connectivity index (χ3v) is 11.5. The molecule has 0 atom stereocenters. The van der Waals surface area contributed by atoms with E-state index in [9.17, 15) is 0 Å². The summed E-state index contributed by atoms with van der Waals surface area (Å²) in [6.07, 6.45) is 0. The van der Waals surface area contributed by atoms with Crippen molar-refractivity contribution in [3.8, 4) is 73.2 Å². The fourth-order valence-electron chi connectivity index (χ4n) is 8.92. The molecular weight excluding hydrogens is 693 g/mol. The van der Waals surface area contributed by atoms with Crippen molar-refractivity contribution in [3.63, 3.8) is 0 Å². The number of fused-ring (bicyclic) bond motifs is 4. The third-order valence-electron chi connectivity index (χ3n) is 11.5. The summed E-state index contributed by atoms with van der Waals surface area (Å²) in [4.78, 5) is 15.1. The molecule has 0 saturated heterocycles. The van der Waals surface area contributed by atoms with E-state index in [1.165, 1.54) is 71.3 Å². The first-order chi connectivity index (χ1) is 28.2. The highest BCUT2D eigenvalue weighted by Crippen LogP contribution is 2.50. The Kier molecular flexibility index (Phi) is 6.89. The molecule has 12 rings (SSSR count). The van der Waals surface area contributed by atoms with Crippen molar-refractivity contribution < 1.29 is 0 Å². The van der Waals surface area contributed by atoms with E-state index >= 15 is 0 Å². The van der Waals surface area contributed by atoms with Gasteiger partial charge in [0.05, 0.1) is 11.0 Å². The van der Waals surface area contributed by atoms with Crippen LogP contribution in [0.5, 0.6) is 0 Å². The van der Waals surface area contributed by atoms with E-state index in [1.54, 1.807) is 0 Å². The predicted octanol–water partition coefficient (Wildman–Crippen LogP) is 13.6. The lowest BCUT2D eigenvalue weighted by atomic mass is 9.90. The van der Waals surface area contributed by atoms with Crippen LogP contribution in [0.15, 0.2) is 194 Å². The molecule has 264 valence electrons. The number of rotatable bonds is 5. The van der Waals surface area contributed by atoms with Gasteiger partial charge in [0.1, 0.15) is 0 Å². The molecule has 0 spiro atoms. The van der Waals surface area contributed by atoms with Gasteiger partial charge in [-0.1, -0.05) is 140 Å². The second kappa shape index (κ2) is 12.4. The largest absolute Gasteiger partial charge is 0.309 e. The molecule has 0 unspecified atom stereocenters. The molecule has 0 fully saturated rings. The zero-order valence-corrected chi connectivity index (χ0v) is 30.8. The van der Waals surface area contributed by atoms with E-state index < -0.39 is 0 Å². The fraction of sp³-hybridized carbons (Fsp3) is 0. The Balaban J connectivity index is 1.05. The molecular formula is C53H32N4. The molecule has 0 amide bonds. The van der Waals surface area contributed by atoms with E-state index in [-0.39, 0.29) is 0 Å². The molecule has 0 N–H and O–H groups in total. The first-order valence-corrected chi connectivity index (χ1v) is 19.4. The van der Waals surface area contributed by atoms with E-state index in [0.717, 1.165) is 27.8 Å². The van der Waals surface area contributed by atoms with Crippen molar-refractivity contribution in [2.75, 3.05) is 0 Å². The lowest BCUT2D eigenvalue weighted by Crippen LogP contribution is -2.00. The first kappa shape index (κ1) is 31.6. The third kappa shape index (κ3) is 4.98. The molecule has 2 heterocycles. The monoisotopic (exact) mass is 724 g/mol. The summed E-state index contributed by atoms with van der Waals surface area (Å²) in [6.45, 7) is 0. The lowest BCUT2D eigenvalue weighted by Gasteiger charge is -2.15. The summed E-state index contributed by atoms with van der Waals surface area (Å²) in [5.41, 5.74) is 13.8. The molecule has 1 aliphatic carbocycles. The minimum atomic E-state index is 0.638. The topological polar surface area (TPSA) is 43.6 Å². The van der Waals surface area contributed by atoms with Crippen LogP contribution in [0.2, 0.25) is 0 Å². The first-order valence-electron chi connectivity index (χ1n) is 19.4. The summed E-state index contributed by atoms with van der Waals surface area (Å²) in [5, 5.41) is 7.44. The van der Waals surface area contributed by atoms with Crippen molar-refractivity contribution >= 4 is 43.4 Å². The van der Waals surface area contributed by atoms with E-state index in [0.29, 0.717) is 17.5 Å². The minimum absolute atomic E-state index is 0.638. The average molecular weight is 725 g/mol. The summed E-state index contributed by atoms with van der Waals surface area (Å²) in [7, 11) is 0. The van der Waals surface area contributed by atoms with Gasteiger partial charge in [0.25, 0.3) is 0 Å². The zero-order chi connectivity index (χ0) is 37.5. The van der Waals surface area contributed by atoms with Gasteiger partial charge in [-0.2, -0.15) is 0 Å². The Labute approximate surface area is 329 Å². The van der Waals surface area contributed by atoms with Gasteiger partial charge in [0.15, 0.2) is 17.5 Å². The van der Waals surface area contributed by atoms with Crippen molar-refractivity contribution in [2.24, 2.45) is 0 Å². The van der Waals surface area contributed by atoms with Crippen molar-refractivity contribution in [2.45, 2.75) is 0 Å². The van der Waals surface area contributed by atoms with E-state index in [1.807, 2.05) is 30.3 Å². The zero-order valence-electron chi connectivity index (χ0n) is 30.8. The van der Waals surface area contributed by atoms with Crippen LogP contribution in [0, 0.1) is 0 Å². The van der Waals surface area contributed by atoms with Gasteiger partial charge in [0, 0.05) is 33.2 Å². The van der Waals surface area contributed by atoms with Crippen molar-refractivity contribution in [1.29, 1.82) is 0 Å². The van der Waals surface area contributed by atoms with Crippen LogP contribution in [0.1, 0.15) is 0 Å². The SMILES string of the molecule is c1ccc(-c2cc3c4c(ccc5c4c4c(cccc4n5-c4ccc(-c5nc(-c6ccccc6)nc(-c6ccc7ccccc7c6)n5)cc4)-c4ccccc4-3)c2)cc1. The summed E-state index contributed by atoms with van der Waals surface area (Å²) in [5.74, 6) is 1.94. The molecule has 2 aromatic heterocycles. The van der Waals surface area contributed by atoms with Gasteiger partial charge >= 0.3 is 0 Å². The van der Waals surface area contributed by atoms with Crippen LogP contribution < -0.4 is 0 Å². The highest BCUT2D eigenvalue weighted by atomic mass is 15.0. The molecule has 9 aromatic carbocycles. The van der Waals surface area contributed by atoms with Crippen molar-refractivity contribution in [3.05, 3.63) is 194 Å². The Hall–Kier alpha value is -7.69. The molecule has 57 heavy (non-hydrogen) atoms. The molecule has 11 aromatic rings. The Morgan fingerprint density at radius 1 is 0.281 bits per heavy atom. The van der Waals surface area contributed by atoms with Gasteiger partial charge in [-0.15, -0.1) is 0 Å². The maximum Gasteiger partial charge on any atom is 0.164 e. The molecule has 0 saturated carbocycles. The number of aromatic nitrogens is 4. The molecule has 0 aliphatic heterocycles. The molecule has 0 radical (unpaired) electrons. The molecule has 0 bridgehead atoms. The van der Waals surface area contributed by atoms with Gasteiger partial charge in [-0.3, -0.25) is 0 Å². The van der Waals surface area contributed by atoms with Gasteiger partial charge in [0.2, 0.25) is 0 Å². The second-order valence-electron chi connectivity index (χ2n) is 14.8. The van der Waals surface area contributed by atoms with Crippen LogP contribution >= 0.6 is 0 Å². The van der Waals surface area contributed by atoms with Gasteiger partial charge in [-0.25, -0.2) is 15.0 Å². The Morgan fingerprint density at radius 3 is 1.58 bits per heavy atom. The van der Waals surface area contributed by atoms with Crippen LogP contribution in [-0.4, -0.2) is 19.5 Å². The highest BCUT2D eigenvalue weighted by Gasteiger charge is 2.25. The second-order valence-corrected chi connectivity index (χ2v) is 14.8. The fourth-order valence-corrected chi connectivity index (χ4v) is 8.92. The molecule has 4 nitrogen and oxygen atoms in total. The Morgan fingerprint density at radius 2 is 0.825 bits per heavy atom. The van der Waals surface area contributed by atoms with Crippen LogP contribution in [0.25, 0.3) is 117 Å². The molecule has 4 heteroatoms. The maximum atomic E-state index is 5.08. The minimum Gasteiger partial charge on any atom is -0.309 e. The van der Waals surface area contributed by atoms with Gasteiger partial charge in [-0.05, 0) is 110 Å². The average Bonchev–Trinajstić information content (AvgIpc) is 3.57. The lowest BCUT2D eigenvalue weighted by molar-refractivity contribution is 1.07. The van der Waals surface area contributed by atoms with E-state index in [2.05, 4.69) is 168 Å². The van der Waals surface area contributed by atoms with Crippen LogP contribution in [-0.2, 0) is 0 Å². The van der Waals surface area contributed by atoms with Crippen LogP contribution in [0.3, 0.4) is 0 Å². The quantitative estimate of drug-likeness (QED) is 0.177. The highest BCUT2D eigenvalue weighted by molar-refractivity contribution is 6.30. The smallest absolute Gasteiger partial charge is 0.164 e. The number of nitrogens with zero attached hydrogens (tertiary/aromatic N) is 4. The van der Waals surface area contributed by atoms with Crippen LogP contribution in [0.4, 0.5) is 0 Å². The summed E-state index contributed by atoms with van der Waals surface area (Å²) < 4.78 is 2.42. The van der Waals surface area contributed by atoms with Gasteiger partial charge < -0.3 is 4.57 Å². The summed E-state index contributed by atoms with van der Waals surface area (Å²) >= 11 is 0. The number of hydrogen-bond donors (Lipinski definition) is 0. The normalized spacial score (nSPS) is 11.9. The summed E-state index contributed by atoms with van der Waals surface area (Å²) in [6, 6.07) is 69.3. The number of hydrogen-bond acceptors (Lipinski definition) is 3.